The lowest BCUT2D eigenvalue weighted by molar-refractivity contribution is -0.139. The zero-order chi connectivity index (χ0) is 11.4. The first kappa shape index (κ1) is 11.4. The summed E-state index contributed by atoms with van der Waals surface area (Å²) in [5.41, 5.74) is 5.22. The SMILES string of the molecule is Cc1nc(C(CCN)C(=O)O)cc(=O)[nH]1. The standard InChI is InChI=1S/C9H13N3O3/c1-5-11-7(4-8(13)12-5)6(2-3-10)9(14)15/h4,6H,2-3,10H2,1H3,(H,14,15)(H,11,12,13). The van der Waals surface area contributed by atoms with Crippen LogP contribution in [-0.2, 0) is 4.79 Å². The van der Waals surface area contributed by atoms with Gasteiger partial charge in [0.05, 0.1) is 5.69 Å². The summed E-state index contributed by atoms with van der Waals surface area (Å²) in [5.74, 6) is -1.42. The van der Waals surface area contributed by atoms with Crippen molar-refractivity contribution in [3.05, 3.63) is 27.9 Å². The maximum atomic E-state index is 11.1. The minimum Gasteiger partial charge on any atom is -0.481 e. The predicted octanol–water partition coefficient (Wildman–Crippen LogP) is -0.405. The minimum atomic E-state index is -1.02. The molecule has 0 spiro atoms. The van der Waals surface area contributed by atoms with Crippen LogP contribution in [0.1, 0.15) is 23.9 Å². The molecule has 0 radical (unpaired) electrons. The van der Waals surface area contributed by atoms with E-state index in [2.05, 4.69) is 9.97 Å². The molecule has 0 fully saturated rings. The van der Waals surface area contributed by atoms with Crippen LogP contribution in [0, 0.1) is 6.92 Å². The van der Waals surface area contributed by atoms with E-state index in [4.69, 9.17) is 10.8 Å². The topological polar surface area (TPSA) is 109 Å². The van der Waals surface area contributed by atoms with Crippen molar-refractivity contribution in [2.24, 2.45) is 5.73 Å². The number of rotatable bonds is 4. The maximum Gasteiger partial charge on any atom is 0.312 e. The predicted molar refractivity (Wildman–Crippen MR) is 53.6 cm³/mol. The van der Waals surface area contributed by atoms with Gasteiger partial charge < -0.3 is 15.8 Å². The van der Waals surface area contributed by atoms with Crippen LogP contribution in [0.2, 0.25) is 0 Å². The monoisotopic (exact) mass is 211 g/mol. The second kappa shape index (κ2) is 4.70. The summed E-state index contributed by atoms with van der Waals surface area (Å²) in [6.45, 7) is 1.84. The van der Waals surface area contributed by atoms with Crippen LogP contribution >= 0.6 is 0 Å². The van der Waals surface area contributed by atoms with Crippen LogP contribution < -0.4 is 11.3 Å². The Labute approximate surface area is 86.2 Å². The highest BCUT2D eigenvalue weighted by atomic mass is 16.4. The number of carbonyl (C=O) groups is 1. The Morgan fingerprint density at radius 1 is 1.73 bits per heavy atom. The number of aromatic nitrogens is 2. The molecule has 15 heavy (non-hydrogen) atoms. The summed E-state index contributed by atoms with van der Waals surface area (Å²) in [5, 5.41) is 8.93. The molecule has 4 N–H and O–H groups in total. The summed E-state index contributed by atoms with van der Waals surface area (Å²) in [4.78, 5) is 28.5. The molecular weight excluding hydrogens is 198 g/mol. The second-order valence-electron chi connectivity index (χ2n) is 3.22. The highest BCUT2D eigenvalue weighted by molar-refractivity contribution is 5.75. The van der Waals surface area contributed by atoms with Crippen LogP contribution in [0.15, 0.2) is 10.9 Å². The number of aryl methyl sites for hydroxylation is 1. The van der Waals surface area contributed by atoms with E-state index in [0.717, 1.165) is 0 Å². The first-order valence-electron chi connectivity index (χ1n) is 4.55. The largest absolute Gasteiger partial charge is 0.481 e. The molecule has 0 aliphatic heterocycles. The Hall–Kier alpha value is -1.69. The third kappa shape index (κ3) is 2.88. The fourth-order valence-electron chi connectivity index (χ4n) is 1.35. The first-order valence-corrected chi connectivity index (χ1v) is 4.55. The molecule has 1 aromatic heterocycles. The fourth-order valence-corrected chi connectivity index (χ4v) is 1.35. The fraction of sp³-hybridized carbons (Fsp3) is 0.444. The van der Waals surface area contributed by atoms with E-state index >= 15 is 0 Å². The van der Waals surface area contributed by atoms with Crippen LogP contribution in [0.3, 0.4) is 0 Å². The van der Waals surface area contributed by atoms with Gasteiger partial charge in [0.25, 0.3) is 5.56 Å². The van der Waals surface area contributed by atoms with E-state index in [1.54, 1.807) is 6.92 Å². The van der Waals surface area contributed by atoms with Crippen LogP contribution in [0.4, 0.5) is 0 Å². The number of carboxylic acids is 1. The molecular formula is C9H13N3O3. The van der Waals surface area contributed by atoms with Crippen molar-refractivity contribution in [2.75, 3.05) is 6.54 Å². The minimum absolute atomic E-state index is 0.241. The van der Waals surface area contributed by atoms with Gasteiger partial charge in [-0.3, -0.25) is 9.59 Å². The third-order valence-electron chi connectivity index (χ3n) is 1.99. The Morgan fingerprint density at radius 3 is 2.87 bits per heavy atom. The Bertz CT molecular complexity index is 413. The van der Waals surface area contributed by atoms with Crippen LogP contribution in [0.25, 0.3) is 0 Å². The van der Waals surface area contributed by atoms with Crippen molar-refractivity contribution in [1.82, 2.24) is 9.97 Å². The maximum absolute atomic E-state index is 11.1. The van der Waals surface area contributed by atoms with E-state index in [-0.39, 0.29) is 24.2 Å². The Balaban J connectivity index is 3.10. The molecule has 1 unspecified atom stereocenters. The molecule has 1 rings (SSSR count). The number of aliphatic carboxylic acids is 1. The Kier molecular flexibility index (Phi) is 3.56. The number of hydrogen-bond donors (Lipinski definition) is 3. The van der Waals surface area contributed by atoms with E-state index < -0.39 is 11.9 Å². The molecule has 1 aromatic rings. The van der Waals surface area contributed by atoms with Gasteiger partial charge in [0.2, 0.25) is 0 Å². The summed E-state index contributed by atoms with van der Waals surface area (Å²) >= 11 is 0. The molecule has 0 aromatic carbocycles. The van der Waals surface area contributed by atoms with Gasteiger partial charge in [-0.15, -0.1) is 0 Å². The molecule has 82 valence electrons. The van der Waals surface area contributed by atoms with Crippen LogP contribution in [-0.4, -0.2) is 27.6 Å². The zero-order valence-corrected chi connectivity index (χ0v) is 8.36. The van der Waals surface area contributed by atoms with Crippen LogP contribution in [0.5, 0.6) is 0 Å². The third-order valence-corrected chi connectivity index (χ3v) is 1.99. The summed E-state index contributed by atoms with van der Waals surface area (Å²) in [7, 11) is 0. The molecule has 0 amide bonds. The van der Waals surface area contributed by atoms with Crippen molar-refractivity contribution >= 4 is 5.97 Å². The van der Waals surface area contributed by atoms with Gasteiger partial charge in [0.1, 0.15) is 11.7 Å². The van der Waals surface area contributed by atoms with Gasteiger partial charge in [0, 0.05) is 6.07 Å². The van der Waals surface area contributed by atoms with E-state index in [1.807, 2.05) is 0 Å². The Morgan fingerprint density at radius 2 is 2.40 bits per heavy atom. The molecule has 0 saturated heterocycles. The van der Waals surface area contributed by atoms with Crippen molar-refractivity contribution < 1.29 is 9.90 Å². The lowest BCUT2D eigenvalue weighted by atomic mass is 10.0. The lowest BCUT2D eigenvalue weighted by Crippen LogP contribution is -2.21. The van der Waals surface area contributed by atoms with E-state index in [0.29, 0.717) is 5.82 Å². The molecule has 0 bridgehead atoms. The van der Waals surface area contributed by atoms with Gasteiger partial charge in [-0.25, -0.2) is 4.98 Å². The molecule has 0 aliphatic carbocycles. The molecule has 6 heteroatoms. The number of carboxylic acid groups (broad SMARTS) is 1. The normalized spacial score (nSPS) is 12.4. The molecule has 0 aliphatic rings. The van der Waals surface area contributed by atoms with Crippen molar-refractivity contribution in [2.45, 2.75) is 19.3 Å². The molecule has 6 nitrogen and oxygen atoms in total. The smallest absolute Gasteiger partial charge is 0.312 e. The quantitative estimate of drug-likeness (QED) is 0.627. The number of hydrogen-bond acceptors (Lipinski definition) is 4. The zero-order valence-electron chi connectivity index (χ0n) is 8.36. The van der Waals surface area contributed by atoms with Crippen molar-refractivity contribution in [3.63, 3.8) is 0 Å². The molecule has 0 saturated carbocycles. The number of nitrogens with one attached hydrogen (secondary N) is 1. The summed E-state index contributed by atoms with van der Waals surface area (Å²) < 4.78 is 0. The first-order chi connectivity index (χ1) is 7.04. The number of H-pyrrole nitrogens is 1. The number of nitrogens with two attached hydrogens (primary N) is 1. The van der Waals surface area contributed by atoms with Gasteiger partial charge in [0.15, 0.2) is 0 Å². The second-order valence-corrected chi connectivity index (χ2v) is 3.22. The van der Waals surface area contributed by atoms with Gasteiger partial charge in [-0.05, 0) is 19.9 Å². The highest BCUT2D eigenvalue weighted by Gasteiger charge is 2.21. The number of nitrogens with zero attached hydrogens (tertiary/aromatic N) is 1. The van der Waals surface area contributed by atoms with Crippen molar-refractivity contribution in [3.8, 4) is 0 Å². The number of aromatic amines is 1. The average Bonchev–Trinajstić information content (AvgIpc) is 2.11. The van der Waals surface area contributed by atoms with E-state index in [9.17, 15) is 9.59 Å². The highest BCUT2D eigenvalue weighted by Crippen LogP contribution is 2.15. The molecule has 1 heterocycles. The van der Waals surface area contributed by atoms with Crippen molar-refractivity contribution in [1.29, 1.82) is 0 Å². The molecule has 1 atom stereocenters. The van der Waals surface area contributed by atoms with Gasteiger partial charge in [-0.2, -0.15) is 0 Å². The van der Waals surface area contributed by atoms with Gasteiger partial charge in [-0.1, -0.05) is 0 Å². The summed E-state index contributed by atoms with van der Waals surface area (Å²) in [6, 6.07) is 1.20. The van der Waals surface area contributed by atoms with Gasteiger partial charge >= 0.3 is 5.97 Å². The average molecular weight is 211 g/mol. The lowest BCUT2D eigenvalue weighted by Gasteiger charge is -2.10. The van der Waals surface area contributed by atoms with E-state index in [1.165, 1.54) is 6.07 Å². The summed E-state index contributed by atoms with van der Waals surface area (Å²) in [6.07, 6.45) is 0.269.